The molecule has 1 aromatic rings. The standard InChI is InChI=1S/C18H18O6/c1-9-15-12(7-10(24-9)8-14(19)23-3)18(21)16-11(17(15)20)5-4-6-13(16)22-2/h4-6,9-10H,7-8H2,1-3H3/t9-,10-/m1/s1. The van der Waals surface area contributed by atoms with Crippen molar-refractivity contribution in [2.24, 2.45) is 0 Å². The summed E-state index contributed by atoms with van der Waals surface area (Å²) in [6.07, 6.45) is -0.798. The van der Waals surface area contributed by atoms with Gasteiger partial charge in [0, 0.05) is 23.1 Å². The smallest absolute Gasteiger partial charge is 0.308 e. The Bertz CT molecular complexity index is 761. The number of ether oxygens (including phenoxy) is 3. The van der Waals surface area contributed by atoms with E-state index in [-0.39, 0.29) is 30.0 Å². The van der Waals surface area contributed by atoms with Crippen molar-refractivity contribution in [2.75, 3.05) is 14.2 Å². The lowest BCUT2D eigenvalue weighted by atomic mass is 9.78. The summed E-state index contributed by atoms with van der Waals surface area (Å²) in [5.74, 6) is -0.491. The molecule has 0 amide bonds. The minimum absolute atomic E-state index is 0.0396. The highest BCUT2D eigenvalue weighted by Gasteiger charge is 2.41. The molecule has 0 unspecified atom stereocenters. The van der Waals surface area contributed by atoms with Crippen molar-refractivity contribution in [2.45, 2.75) is 32.0 Å². The number of hydrogen-bond donors (Lipinski definition) is 0. The van der Waals surface area contributed by atoms with E-state index in [2.05, 4.69) is 4.74 Å². The van der Waals surface area contributed by atoms with Gasteiger partial charge < -0.3 is 14.2 Å². The molecule has 0 radical (unpaired) electrons. The number of hydrogen-bond acceptors (Lipinski definition) is 6. The van der Waals surface area contributed by atoms with Crippen LogP contribution in [0, 0.1) is 0 Å². The van der Waals surface area contributed by atoms with Gasteiger partial charge in [0.25, 0.3) is 0 Å². The summed E-state index contributed by atoms with van der Waals surface area (Å²) in [5, 5.41) is 0. The van der Waals surface area contributed by atoms with Crippen molar-refractivity contribution < 1.29 is 28.6 Å². The van der Waals surface area contributed by atoms with Gasteiger partial charge in [0.15, 0.2) is 11.6 Å². The van der Waals surface area contributed by atoms with Gasteiger partial charge in [-0.3, -0.25) is 14.4 Å². The zero-order chi connectivity index (χ0) is 17.4. The van der Waals surface area contributed by atoms with Crippen molar-refractivity contribution in [1.29, 1.82) is 0 Å². The van der Waals surface area contributed by atoms with Crippen molar-refractivity contribution in [3.8, 4) is 5.75 Å². The number of carbonyl (C=O) groups excluding carboxylic acids is 3. The Morgan fingerprint density at radius 3 is 2.67 bits per heavy atom. The van der Waals surface area contributed by atoms with E-state index in [4.69, 9.17) is 9.47 Å². The minimum Gasteiger partial charge on any atom is -0.496 e. The molecule has 6 nitrogen and oxygen atoms in total. The predicted molar refractivity (Wildman–Crippen MR) is 84.3 cm³/mol. The monoisotopic (exact) mass is 330 g/mol. The molecular weight excluding hydrogens is 312 g/mol. The van der Waals surface area contributed by atoms with E-state index >= 15 is 0 Å². The molecule has 2 aliphatic rings. The fourth-order valence-electron chi connectivity index (χ4n) is 3.33. The van der Waals surface area contributed by atoms with Crippen LogP contribution in [0.5, 0.6) is 5.75 Å². The average molecular weight is 330 g/mol. The summed E-state index contributed by atoms with van der Waals surface area (Å²) in [6, 6.07) is 4.96. The molecule has 0 bridgehead atoms. The van der Waals surface area contributed by atoms with Gasteiger partial charge in [-0.1, -0.05) is 12.1 Å². The summed E-state index contributed by atoms with van der Waals surface area (Å²) < 4.78 is 15.7. The number of esters is 1. The Morgan fingerprint density at radius 2 is 2.00 bits per heavy atom. The first-order valence-electron chi connectivity index (χ1n) is 7.69. The largest absolute Gasteiger partial charge is 0.496 e. The van der Waals surface area contributed by atoms with Crippen LogP contribution in [0.3, 0.4) is 0 Å². The van der Waals surface area contributed by atoms with Crippen LogP contribution in [0.1, 0.15) is 40.5 Å². The molecule has 24 heavy (non-hydrogen) atoms. The van der Waals surface area contributed by atoms with E-state index in [1.165, 1.54) is 14.2 Å². The summed E-state index contributed by atoms with van der Waals surface area (Å²) in [5.41, 5.74) is 1.40. The SMILES string of the molecule is COC(=O)C[C@H]1CC2=C(C(=O)c3cccc(OC)c3C2=O)[C@@H](C)O1. The van der Waals surface area contributed by atoms with Gasteiger partial charge in [0.1, 0.15) is 5.75 Å². The second-order valence-corrected chi connectivity index (χ2v) is 5.82. The van der Waals surface area contributed by atoms with E-state index in [1.807, 2.05) is 0 Å². The fourth-order valence-corrected chi connectivity index (χ4v) is 3.33. The Labute approximate surface area is 139 Å². The third-order valence-corrected chi connectivity index (χ3v) is 4.42. The second-order valence-electron chi connectivity index (χ2n) is 5.82. The molecule has 0 saturated carbocycles. The summed E-state index contributed by atoms with van der Waals surface area (Å²) in [6.45, 7) is 1.72. The van der Waals surface area contributed by atoms with Gasteiger partial charge in [-0.2, -0.15) is 0 Å². The van der Waals surface area contributed by atoms with Gasteiger partial charge in [-0.15, -0.1) is 0 Å². The van der Waals surface area contributed by atoms with Gasteiger partial charge in [0.2, 0.25) is 0 Å². The third kappa shape index (κ3) is 2.53. The van der Waals surface area contributed by atoms with Crippen LogP contribution in [-0.2, 0) is 14.3 Å². The van der Waals surface area contributed by atoms with Gasteiger partial charge in [0.05, 0.1) is 38.4 Å². The van der Waals surface area contributed by atoms with Gasteiger partial charge in [-0.05, 0) is 13.0 Å². The Hall–Kier alpha value is -2.47. The average Bonchev–Trinajstić information content (AvgIpc) is 2.58. The lowest BCUT2D eigenvalue weighted by molar-refractivity contribution is -0.144. The van der Waals surface area contributed by atoms with Crippen LogP contribution in [0.25, 0.3) is 0 Å². The van der Waals surface area contributed by atoms with Crippen molar-refractivity contribution in [3.05, 3.63) is 40.5 Å². The molecule has 1 aliphatic carbocycles. The summed E-state index contributed by atoms with van der Waals surface area (Å²) in [7, 11) is 2.76. The Morgan fingerprint density at radius 1 is 1.25 bits per heavy atom. The molecule has 1 aromatic carbocycles. The van der Waals surface area contributed by atoms with E-state index in [1.54, 1.807) is 25.1 Å². The van der Waals surface area contributed by atoms with E-state index < -0.39 is 18.2 Å². The van der Waals surface area contributed by atoms with Gasteiger partial charge >= 0.3 is 5.97 Å². The van der Waals surface area contributed by atoms with E-state index in [9.17, 15) is 14.4 Å². The highest BCUT2D eigenvalue weighted by atomic mass is 16.5. The molecule has 2 atom stereocenters. The van der Waals surface area contributed by atoms with Crippen LogP contribution in [-0.4, -0.2) is 44.0 Å². The summed E-state index contributed by atoms with van der Waals surface area (Å²) >= 11 is 0. The molecule has 3 rings (SSSR count). The molecular formula is C18H18O6. The maximum atomic E-state index is 13.0. The number of benzene rings is 1. The number of rotatable bonds is 3. The molecule has 126 valence electrons. The maximum Gasteiger partial charge on any atom is 0.308 e. The summed E-state index contributed by atoms with van der Waals surface area (Å²) in [4.78, 5) is 37.3. The van der Waals surface area contributed by atoms with Crippen molar-refractivity contribution in [1.82, 2.24) is 0 Å². The van der Waals surface area contributed by atoms with E-state index in [0.29, 0.717) is 22.5 Å². The number of fused-ring (bicyclic) bond motifs is 1. The zero-order valence-electron chi connectivity index (χ0n) is 13.8. The molecule has 0 N–H and O–H groups in total. The Kier molecular flexibility index (Phi) is 4.24. The first-order chi connectivity index (χ1) is 11.5. The molecule has 1 aliphatic heterocycles. The number of carbonyl (C=O) groups is 3. The molecule has 0 fully saturated rings. The highest BCUT2D eigenvalue weighted by molar-refractivity contribution is 6.28. The van der Waals surface area contributed by atoms with Crippen LogP contribution in [0.4, 0.5) is 0 Å². The third-order valence-electron chi connectivity index (χ3n) is 4.42. The molecule has 0 aromatic heterocycles. The zero-order valence-corrected chi connectivity index (χ0v) is 13.8. The molecule has 1 heterocycles. The van der Waals surface area contributed by atoms with Crippen molar-refractivity contribution in [3.63, 3.8) is 0 Å². The number of Topliss-reactive ketones (excluding diaryl/α,β-unsaturated/α-hetero) is 2. The lowest BCUT2D eigenvalue weighted by Gasteiger charge is -2.34. The first-order valence-corrected chi connectivity index (χ1v) is 7.69. The Balaban J connectivity index is 2.03. The van der Waals surface area contributed by atoms with E-state index in [0.717, 1.165) is 0 Å². The highest BCUT2D eigenvalue weighted by Crippen LogP contribution is 2.39. The lowest BCUT2D eigenvalue weighted by Crippen LogP contribution is -2.38. The molecule has 0 spiro atoms. The van der Waals surface area contributed by atoms with Crippen LogP contribution in [0.2, 0.25) is 0 Å². The van der Waals surface area contributed by atoms with Crippen LogP contribution >= 0.6 is 0 Å². The first kappa shape index (κ1) is 16.4. The quantitative estimate of drug-likeness (QED) is 0.790. The number of methoxy groups -OCH3 is 2. The topological polar surface area (TPSA) is 78.9 Å². The van der Waals surface area contributed by atoms with Crippen LogP contribution in [0.15, 0.2) is 29.3 Å². The second kappa shape index (κ2) is 6.20. The molecule has 6 heteroatoms. The van der Waals surface area contributed by atoms with Crippen LogP contribution < -0.4 is 4.74 Å². The normalized spacial score (nSPS) is 22.8. The number of ketones is 2. The fraction of sp³-hybridized carbons (Fsp3) is 0.389. The van der Waals surface area contributed by atoms with Gasteiger partial charge in [-0.25, -0.2) is 0 Å². The van der Waals surface area contributed by atoms with Crippen molar-refractivity contribution >= 4 is 17.5 Å². The maximum absolute atomic E-state index is 13.0. The molecule has 0 saturated heterocycles. The minimum atomic E-state index is -0.556. The predicted octanol–water partition coefficient (Wildman–Crippen LogP) is 2.11.